The third-order valence-corrected chi connectivity index (χ3v) is 6.25. The number of nitrogens with zero attached hydrogens (tertiary/aromatic N) is 3. The zero-order valence-electron chi connectivity index (χ0n) is 12.5. The smallest absolute Gasteiger partial charge is 0.270 e. The molecule has 2 fully saturated rings. The van der Waals surface area contributed by atoms with Crippen LogP contribution in [-0.4, -0.2) is 66.5 Å². The Hall–Kier alpha value is -1.44. The minimum atomic E-state index is -3.08. The Balaban J connectivity index is 1.76. The maximum Gasteiger partial charge on any atom is 0.270 e. The Morgan fingerprint density at radius 2 is 1.86 bits per heavy atom. The summed E-state index contributed by atoms with van der Waals surface area (Å²) in [5, 5.41) is 5.49. The Labute approximate surface area is 130 Å². The standard InChI is InChI=1S/C14H21N3O4S/c18-13-5-4-12(14(19)16-7-2-1-3-8-16)15-17(13)11-6-9-22(20,21)10-11/h11H,1-10H2/t11-/m0/s1. The van der Waals surface area contributed by atoms with Crippen molar-refractivity contribution in [2.45, 2.75) is 44.6 Å². The quantitative estimate of drug-likeness (QED) is 0.723. The number of carbonyl (C=O) groups excluding carboxylic acids is 2. The molecule has 3 rings (SSSR count). The summed E-state index contributed by atoms with van der Waals surface area (Å²) in [5.41, 5.74) is 0.394. The Kier molecular flexibility index (Phi) is 4.20. The molecule has 0 spiro atoms. The minimum absolute atomic E-state index is 0.0482. The van der Waals surface area contributed by atoms with E-state index in [2.05, 4.69) is 5.10 Å². The van der Waals surface area contributed by atoms with Crippen LogP contribution in [0.25, 0.3) is 0 Å². The predicted molar refractivity (Wildman–Crippen MR) is 81.0 cm³/mol. The second-order valence-corrected chi connectivity index (χ2v) is 8.42. The zero-order chi connectivity index (χ0) is 15.7. The molecular weight excluding hydrogens is 306 g/mol. The molecular formula is C14H21N3O4S. The number of carbonyl (C=O) groups is 2. The van der Waals surface area contributed by atoms with Crippen LogP contribution in [0.4, 0.5) is 0 Å². The summed E-state index contributed by atoms with van der Waals surface area (Å²) >= 11 is 0. The first-order chi connectivity index (χ1) is 10.5. The molecule has 0 aromatic rings. The number of sulfone groups is 1. The average molecular weight is 327 g/mol. The molecule has 0 aromatic carbocycles. The first-order valence-corrected chi connectivity index (χ1v) is 9.68. The van der Waals surface area contributed by atoms with E-state index in [0.29, 0.717) is 18.6 Å². The fourth-order valence-corrected chi connectivity index (χ4v) is 4.95. The van der Waals surface area contributed by atoms with E-state index in [9.17, 15) is 18.0 Å². The molecule has 1 atom stereocenters. The molecule has 0 aromatic heterocycles. The molecule has 3 aliphatic heterocycles. The van der Waals surface area contributed by atoms with Crippen molar-refractivity contribution in [3.8, 4) is 0 Å². The molecule has 2 saturated heterocycles. The first-order valence-electron chi connectivity index (χ1n) is 7.85. The summed E-state index contributed by atoms with van der Waals surface area (Å²) in [6.45, 7) is 1.48. The van der Waals surface area contributed by atoms with Gasteiger partial charge < -0.3 is 4.90 Å². The van der Waals surface area contributed by atoms with Gasteiger partial charge >= 0.3 is 0 Å². The number of piperidine rings is 1. The van der Waals surface area contributed by atoms with Gasteiger partial charge in [-0.25, -0.2) is 13.4 Å². The van der Waals surface area contributed by atoms with Crippen molar-refractivity contribution in [3.63, 3.8) is 0 Å². The molecule has 0 aliphatic carbocycles. The fourth-order valence-electron chi connectivity index (χ4n) is 3.26. The van der Waals surface area contributed by atoms with E-state index in [1.807, 2.05) is 0 Å². The van der Waals surface area contributed by atoms with Crippen molar-refractivity contribution < 1.29 is 18.0 Å². The lowest BCUT2D eigenvalue weighted by atomic mass is 10.1. The van der Waals surface area contributed by atoms with Crippen LogP contribution in [-0.2, 0) is 19.4 Å². The van der Waals surface area contributed by atoms with Crippen LogP contribution in [0.5, 0.6) is 0 Å². The van der Waals surface area contributed by atoms with Gasteiger partial charge in [0.05, 0.1) is 17.5 Å². The van der Waals surface area contributed by atoms with Crippen molar-refractivity contribution in [3.05, 3.63) is 0 Å². The zero-order valence-corrected chi connectivity index (χ0v) is 13.3. The minimum Gasteiger partial charge on any atom is -0.338 e. The maximum absolute atomic E-state index is 12.5. The van der Waals surface area contributed by atoms with Gasteiger partial charge in [0.15, 0.2) is 9.84 Å². The molecule has 0 N–H and O–H groups in total. The number of hydrogen-bond acceptors (Lipinski definition) is 5. The summed E-state index contributed by atoms with van der Waals surface area (Å²) in [4.78, 5) is 26.3. The van der Waals surface area contributed by atoms with Gasteiger partial charge in [-0.1, -0.05) is 0 Å². The summed E-state index contributed by atoms with van der Waals surface area (Å²) in [6.07, 6.45) is 4.13. The number of likely N-dealkylation sites (tertiary alicyclic amines) is 1. The highest BCUT2D eigenvalue weighted by Crippen LogP contribution is 2.23. The normalized spacial score (nSPS) is 28.6. The molecule has 0 saturated carbocycles. The van der Waals surface area contributed by atoms with Crippen molar-refractivity contribution in [1.29, 1.82) is 0 Å². The van der Waals surface area contributed by atoms with Crippen LogP contribution >= 0.6 is 0 Å². The molecule has 7 nitrogen and oxygen atoms in total. The van der Waals surface area contributed by atoms with Gasteiger partial charge in [0.25, 0.3) is 5.91 Å². The van der Waals surface area contributed by atoms with Crippen LogP contribution in [0, 0.1) is 0 Å². The molecule has 0 radical (unpaired) electrons. The summed E-state index contributed by atoms with van der Waals surface area (Å²) < 4.78 is 23.2. The lowest BCUT2D eigenvalue weighted by molar-refractivity contribution is -0.134. The van der Waals surface area contributed by atoms with Crippen LogP contribution in [0.2, 0.25) is 0 Å². The molecule has 22 heavy (non-hydrogen) atoms. The van der Waals surface area contributed by atoms with E-state index in [-0.39, 0.29) is 29.7 Å². The van der Waals surface area contributed by atoms with Crippen LogP contribution in [0.3, 0.4) is 0 Å². The van der Waals surface area contributed by atoms with Gasteiger partial charge in [0, 0.05) is 25.9 Å². The van der Waals surface area contributed by atoms with Crippen LogP contribution in [0.15, 0.2) is 5.10 Å². The Morgan fingerprint density at radius 3 is 2.50 bits per heavy atom. The van der Waals surface area contributed by atoms with Crippen molar-refractivity contribution in [2.24, 2.45) is 5.10 Å². The highest BCUT2D eigenvalue weighted by molar-refractivity contribution is 7.91. The third-order valence-electron chi connectivity index (χ3n) is 4.50. The van der Waals surface area contributed by atoms with Crippen molar-refractivity contribution >= 4 is 27.4 Å². The summed E-state index contributed by atoms with van der Waals surface area (Å²) in [6, 6.07) is -0.415. The molecule has 8 heteroatoms. The van der Waals surface area contributed by atoms with E-state index >= 15 is 0 Å². The molecule has 0 unspecified atom stereocenters. The van der Waals surface area contributed by atoms with E-state index in [1.54, 1.807) is 4.90 Å². The topological polar surface area (TPSA) is 87.1 Å². The Bertz CT molecular complexity index is 608. The van der Waals surface area contributed by atoms with E-state index < -0.39 is 15.9 Å². The van der Waals surface area contributed by atoms with Gasteiger partial charge in [-0.3, -0.25) is 9.59 Å². The monoisotopic (exact) mass is 327 g/mol. The van der Waals surface area contributed by atoms with Gasteiger partial charge in [-0.15, -0.1) is 0 Å². The fraction of sp³-hybridized carbons (Fsp3) is 0.786. The number of hydrazone groups is 1. The van der Waals surface area contributed by atoms with E-state index in [4.69, 9.17) is 0 Å². The van der Waals surface area contributed by atoms with Crippen molar-refractivity contribution in [1.82, 2.24) is 9.91 Å². The van der Waals surface area contributed by atoms with Crippen LogP contribution < -0.4 is 0 Å². The highest BCUT2D eigenvalue weighted by atomic mass is 32.2. The molecule has 3 heterocycles. The molecule has 122 valence electrons. The molecule has 2 amide bonds. The average Bonchev–Trinajstić information content (AvgIpc) is 2.88. The van der Waals surface area contributed by atoms with Gasteiger partial charge in [-0.05, 0) is 25.7 Å². The lowest BCUT2D eigenvalue weighted by Crippen LogP contribution is -2.46. The van der Waals surface area contributed by atoms with Crippen molar-refractivity contribution in [2.75, 3.05) is 24.6 Å². The SMILES string of the molecule is O=C(C1=NN([C@H]2CCS(=O)(=O)C2)C(=O)CC1)N1CCCCC1. The van der Waals surface area contributed by atoms with Gasteiger partial charge in [-0.2, -0.15) is 5.10 Å². The number of hydrogen-bond donors (Lipinski definition) is 0. The number of amides is 2. The Morgan fingerprint density at radius 1 is 1.14 bits per heavy atom. The summed E-state index contributed by atoms with van der Waals surface area (Å²) in [5.74, 6) is -0.241. The number of rotatable bonds is 2. The van der Waals surface area contributed by atoms with Gasteiger partial charge in [0.2, 0.25) is 5.91 Å². The van der Waals surface area contributed by atoms with Gasteiger partial charge in [0.1, 0.15) is 5.71 Å². The highest BCUT2D eigenvalue weighted by Gasteiger charge is 2.37. The van der Waals surface area contributed by atoms with Crippen LogP contribution in [0.1, 0.15) is 38.5 Å². The second kappa shape index (κ2) is 5.98. The third kappa shape index (κ3) is 3.16. The maximum atomic E-state index is 12.5. The summed E-state index contributed by atoms with van der Waals surface area (Å²) in [7, 11) is -3.08. The molecule has 0 bridgehead atoms. The van der Waals surface area contributed by atoms with E-state index in [0.717, 1.165) is 32.4 Å². The lowest BCUT2D eigenvalue weighted by Gasteiger charge is -2.31. The second-order valence-electron chi connectivity index (χ2n) is 6.19. The largest absolute Gasteiger partial charge is 0.338 e. The predicted octanol–water partition coefficient (Wildman–Crippen LogP) is 0.164. The first kappa shape index (κ1) is 15.5. The molecule has 3 aliphatic rings. The van der Waals surface area contributed by atoms with E-state index in [1.165, 1.54) is 5.01 Å².